The Kier molecular flexibility index (Phi) is 5.37. The van der Waals surface area contributed by atoms with Crippen molar-refractivity contribution in [1.29, 1.82) is 0 Å². The molecule has 5 rings (SSSR count). The van der Waals surface area contributed by atoms with Crippen molar-refractivity contribution in [2.45, 2.75) is 44.6 Å². The molecule has 2 aliphatic rings. The molecule has 2 heterocycles. The van der Waals surface area contributed by atoms with Gasteiger partial charge in [0.15, 0.2) is 0 Å². The maximum absolute atomic E-state index is 12.9. The van der Waals surface area contributed by atoms with E-state index in [9.17, 15) is 4.79 Å². The Bertz CT molecular complexity index is 1080. The van der Waals surface area contributed by atoms with Crippen LogP contribution in [-0.2, 0) is 6.42 Å². The van der Waals surface area contributed by atoms with Gasteiger partial charge in [0.25, 0.3) is 5.91 Å². The van der Waals surface area contributed by atoms with E-state index in [1.165, 1.54) is 36.6 Å². The molecular weight excluding hydrogens is 388 g/mol. The number of nitrogen functional groups attached to an aromatic ring is 1. The maximum Gasteiger partial charge on any atom is 0.289 e. The number of hydrogen-bond acceptors (Lipinski definition) is 5. The number of anilines is 2. The highest BCUT2D eigenvalue weighted by Gasteiger charge is 2.24. The van der Waals surface area contributed by atoms with Crippen molar-refractivity contribution in [3.63, 3.8) is 0 Å². The number of fused-ring (bicyclic) bond motifs is 1. The lowest BCUT2D eigenvalue weighted by Gasteiger charge is -2.29. The zero-order valence-corrected chi connectivity index (χ0v) is 17.6. The van der Waals surface area contributed by atoms with Crippen LogP contribution in [0.2, 0.25) is 0 Å². The van der Waals surface area contributed by atoms with Gasteiger partial charge in [0, 0.05) is 24.5 Å². The molecule has 6 nitrogen and oxygen atoms in total. The Hall–Kier alpha value is -3.28. The van der Waals surface area contributed by atoms with Crippen molar-refractivity contribution in [3.8, 4) is 11.5 Å². The van der Waals surface area contributed by atoms with Gasteiger partial charge in [0.05, 0.1) is 17.8 Å². The third-order valence-electron chi connectivity index (χ3n) is 6.39. The minimum absolute atomic E-state index is 0.00139. The number of nitrogens with zero attached hydrogens (tertiary/aromatic N) is 2. The number of amides is 1. The number of rotatable bonds is 4. The summed E-state index contributed by atoms with van der Waals surface area (Å²) < 4.78 is 5.86. The zero-order valence-electron chi connectivity index (χ0n) is 17.6. The minimum atomic E-state index is -0.244. The average molecular weight is 417 g/mol. The van der Waals surface area contributed by atoms with Crippen LogP contribution in [0.4, 0.5) is 11.4 Å². The lowest BCUT2D eigenvalue weighted by molar-refractivity contribution is 0.0905. The van der Waals surface area contributed by atoms with Crippen molar-refractivity contribution >= 4 is 17.3 Å². The van der Waals surface area contributed by atoms with E-state index in [-0.39, 0.29) is 17.7 Å². The number of oxazole rings is 1. The van der Waals surface area contributed by atoms with Crippen LogP contribution in [0, 0.1) is 0 Å². The molecule has 1 atom stereocenters. The topological polar surface area (TPSA) is 84.4 Å². The molecule has 0 radical (unpaired) electrons. The van der Waals surface area contributed by atoms with E-state index in [1.54, 1.807) is 0 Å². The molecule has 0 saturated carbocycles. The first-order chi connectivity index (χ1) is 15.2. The number of nitrogens with one attached hydrogen (secondary N) is 1. The first-order valence-electron chi connectivity index (χ1n) is 11.2. The highest BCUT2D eigenvalue weighted by Crippen LogP contribution is 2.32. The second-order valence-corrected chi connectivity index (χ2v) is 8.47. The lowest BCUT2D eigenvalue weighted by atomic mass is 9.88. The summed E-state index contributed by atoms with van der Waals surface area (Å²) in [5.41, 5.74) is 11.2. The number of hydrogen-bond donors (Lipinski definition) is 2. The van der Waals surface area contributed by atoms with Crippen LogP contribution in [-0.4, -0.2) is 24.0 Å². The molecule has 1 amide bonds. The Morgan fingerprint density at radius 3 is 2.81 bits per heavy atom. The fraction of sp³-hybridized carbons (Fsp3) is 0.360. The summed E-state index contributed by atoms with van der Waals surface area (Å²) in [4.78, 5) is 19.6. The molecule has 0 spiro atoms. The summed E-state index contributed by atoms with van der Waals surface area (Å²) in [7, 11) is 0. The van der Waals surface area contributed by atoms with Gasteiger partial charge in [-0.25, -0.2) is 4.98 Å². The van der Waals surface area contributed by atoms with Crippen molar-refractivity contribution in [3.05, 3.63) is 65.5 Å². The standard InChI is InChI=1S/C25H28N4O2/c26-21-12-11-18(29-13-4-1-5-14-29)15-20(21)25-27-16-23(31-25)24(30)28-22-10-6-8-17-7-2-3-9-19(17)22/h2-3,7,9,11-12,15-16,22H,1,4-6,8,10,13-14,26H2,(H,28,30)/t22-/m0/s1. The van der Waals surface area contributed by atoms with Crippen molar-refractivity contribution in [2.75, 3.05) is 23.7 Å². The SMILES string of the molecule is Nc1ccc(N2CCCCC2)cc1-c1ncc(C(=O)N[C@H]2CCCc3ccccc32)o1. The Morgan fingerprint density at radius 1 is 1.10 bits per heavy atom. The monoisotopic (exact) mass is 416 g/mol. The molecule has 0 unspecified atom stereocenters. The van der Waals surface area contributed by atoms with E-state index in [0.717, 1.165) is 43.6 Å². The predicted molar refractivity (Wildman–Crippen MR) is 122 cm³/mol. The fourth-order valence-electron chi connectivity index (χ4n) is 4.72. The van der Waals surface area contributed by atoms with Crippen LogP contribution in [0.1, 0.15) is 59.8 Å². The molecule has 3 aromatic rings. The molecule has 2 aromatic carbocycles. The first-order valence-corrected chi connectivity index (χ1v) is 11.2. The van der Waals surface area contributed by atoms with Gasteiger partial charge in [0.2, 0.25) is 11.7 Å². The van der Waals surface area contributed by atoms with E-state index in [2.05, 4.69) is 27.3 Å². The normalized spacial score (nSPS) is 18.5. The molecule has 1 saturated heterocycles. The van der Waals surface area contributed by atoms with Gasteiger partial charge in [-0.3, -0.25) is 4.79 Å². The van der Waals surface area contributed by atoms with E-state index in [1.807, 2.05) is 30.3 Å². The number of carbonyl (C=O) groups is 1. The van der Waals surface area contributed by atoms with Crippen LogP contribution in [0.3, 0.4) is 0 Å². The third-order valence-corrected chi connectivity index (χ3v) is 6.39. The lowest BCUT2D eigenvalue weighted by Crippen LogP contribution is -2.30. The number of nitrogens with two attached hydrogens (primary N) is 1. The molecule has 31 heavy (non-hydrogen) atoms. The fourth-order valence-corrected chi connectivity index (χ4v) is 4.72. The predicted octanol–water partition coefficient (Wildman–Crippen LogP) is 4.72. The van der Waals surface area contributed by atoms with Crippen LogP contribution >= 0.6 is 0 Å². The highest BCUT2D eigenvalue weighted by atomic mass is 16.4. The molecule has 1 aliphatic heterocycles. The third kappa shape index (κ3) is 4.02. The van der Waals surface area contributed by atoms with Gasteiger partial charge in [-0.05, 0) is 67.9 Å². The second-order valence-electron chi connectivity index (χ2n) is 8.47. The van der Waals surface area contributed by atoms with Gasteiger partial charge in [0.1, 0.15) is 0 Å². The number of carbonyl (C=O) groups excluding carboxylic acids is 1. The quantitative estimate of drug-likeness (QED) is 0.601. The van der Waals surface area contributed by atoms with Gasteiger partial charge in [-0.15, -0.1) is 0 Å². The van der Waals surface area contributed by atoms with Crippen LogP contribution in [0.5, 0.6) is 0 Å². The van der Waals surface area contributed by atoms with E-state index in [4.69, 9.17) is 10.2 Å². The first kappa shape index (κ1) is 19.7. The summed E-state index contributed by atoms with van der Waals surface area (Å²) in [6, 6.07) is 14.3. The van der Waals surface area contributed by atoms with Crippen LogP contribution < -0.4 is 16.0 Å². The summed E-state index contributed by atoms with van der Waals surface area (Å²) in [6.07, 6.45) is 8.22. The molecule has 1 aliphatic carbocycles. The molecular formula is C25H28N4O2. The van der Waals surface area contributed by atoms with Gasteiger partial charge in [-0.2, -0.15) is 0 Å². The summed E-state index contributed by atoms with van der Waals surface area (Å²) in [6.45, 7) is 2.09. The largest absolute Gasteiger partial charge is 0.431 e. The number of piperidine rings is 1. The maximum atomic E-state index is 12.9. The van der Waals surface area contributed by atoms with Crippen molar-refractivity contribution in [2.24, 2.45) is 0 Å². The Morgan fingerprint density at radius 2 is 1.94 bits per heavy atom. The van der Waals surface area contributed by atoms with E-state index >= 15 is 0 Å². The summed E-state index contributed by atoms with van der Waals surface area (Å²) in [5.74, 6) is 0.345. The Labute approximate surface area is 182 Å². The van der Waals surface area contributed by atoms with E-state index in [0.29, 0.717) is 11.6 Å². The number of aromatic nitrogens is 1. The summed E-state index contributed by atoms with van der Waals surface area (Å²) >= 11 is 0. The number of benzene rings is 2. The molecule has 1 fully saturated rings. The minimum Gasteiger partial charge on any atom is -0.431 e. The van der Waals surface area contributed by atoms with Crippen molar-refractivity contribution in [1.82, 2.24) is 10.3 Å². The van der Waals surface area contributed by atoms with Gasteiger partial charge >= 0.3 is 0 Å². The number of aryl methyl sites for hydroxylation is 1. The van der Waals surface area contributed by atoms with Crippen molar-refractivity contribution < 1.29 is 9.21 Å². The molecule has 0 bridgehead atoms. The molecule has 160 valence electrons. The van der Waals surface area contributed by atoms with Crippen LogP contribution in [0.15, 0.2) is 53.1 Å². The second kappa shape index (κ2) is 8.46. The molecule has 1 aromatic heterocycles. The smallest absolute Gasteiger partial charge is 0.289 e. The van der Waals surface area contributed by atoms with Crippen LogP contribution in [0.25, 0.3) is 11.5 Å². The van der Waals surface area contributed by atoms with Gasteiger partial charge in [-0.1, -0.05) is 24.3 Å². The summed E-state index contributed by atoms with van der Waals surface area (Å²) in [5, 5.41) is 3.12. The average Bonchev–Trinajstić information content (AvgIpc) is 3.30. The molecule has 6 heteroatoms. The highest BCUT2D eigenvalue weighted by molar-refractivity contribution is 5.92. The zero-order chi connectivity index (χ0) is 21.2. The Balaban J connectivity index is 1.35. The molecule has 3 N–H and O–H groups in total. The van der Waals surface area contributed by atoms with E-state index < -0.39 is 0 Å². The van der Waals surface area contributed by atoms with Gasteiger partial charge < -0.3 is 20.4 Å².